The van der Waals surface area contributed by atoms with Gasteiger partial charge in [0.15, 0.2) is 0 Å². The van der Waals surface area contributed by atoms with Gasteiger partial charge in [-0.15, -0.1) is 0 Å². The summed E-state index contributed by atoms with van der Waals surface area (Å²) < 4.78 is 0. The molecule has 2 aromatic rings. The number of carboxylic acids is 1. The Morgan fingerprint density at radius 1 is 1.00 bits per heavy atom. The maximum atomic E-state index is 12.1. The maximum absolute atomic E-state index is 12.1. The van der Waals surface area contributed by atoms with E-state index in [9.17, 15) is 19.5 Å². The SMILES string of the molecule is O=C([O-])C=CC(=O)Nc1ccc(Cl)c(NC(=O)Cc2ccccc2)c1. The Balaban J connectivity index is 2.04. The van der Waals surface area contributed by atoms with Crippen molar-refractivity contribution in [2.45, 2.75) is 6.42 Å². The summed E-state index contributed by atoms with van der Waals surface area (Å²) >= 11 is 6.06. The summed E-state index contributed by atoms with van der Waals surface area (Å²) in [4.78, 5) is 34.0. The average Bonchev–Trinajstić information content (AvgIpc) is 2.57. The van der Waals surface area contributed by atoms with Crippen molar-refractivity contribution in [2.24, 2.45) is 0 Å². The van der Waals surface area contributed by atoms with Gasteiger partial charge in [-0.05, 0) is 29.8 Å². The van der Waals surface area contributed by atoms with Crippen molar-refractivity contribution in [3.63, 3.8) is 0 Å². The number of aliphatic carboxylic acids is 1. The molecule has 25 heavy (non-hydrogen) atoms. The number of carbonyl (C=O) groups excluding carboxylic acids is 3. The second kappa shape index (κ2) is 8.65. The molecule has 2 aromatic carbocycles. The Morgan fingerprint density at radius 3 is 2.40 bits per heavy atom. The Labute approximate surface area is 149 Å². The van der Waals surface area contributed by atoms with E-state index in [1.54, 1.807) is 0 Å². The first-order chi connectivity index (χ1) is 11.9. The van der Waals surface area contributed by atoms with Crippen LogP contribution in [0.3, 0.4) is 0 Å². The number of nitrogens with one attached hydrogen (secondary N) is 2. The van der Waals surface area contributed by atoms with Crippen LogP contribution in [0.2, 0.25) is 5.02 Å². The molecule has 0 aliphatic carbocycles. The van der Waals surface area contributed by atoms with E-state index in [-0.39, 0.29) is 12.3 Å². The van der Waals surface area contributed by atoms with Crippen LogP contribution < -0.4 is 15.7 Å². The molecule has 7 heteroatoms. The Bertz CT molecular complexity index is 819. The average molecular weight is 358 g/mol. The third kappa shape index (κ3) is 6.12. The number of halogens is 1. The number of anilines is 2. The van der Waals surface area contributed by atoms with Gasteiger partial charge in [-0.3, -0.25) is 9.59 Å². The summed E-state index contributed by atoms with van der Waals surface area (Å²) in [5.74, 6) is -2.37. The van der Waals surface area contributed by atoms with Crippen LogP contribution >= 0.6 is 11.6 Å². The number of carbonyl (C=O) groups is 3. The summed E-state index contributed by atoms with van der Waals surface area (Å²) in [6, 6.07) is 13.7. The van der Waals surface area contributed by atoms with Crippen LogP contribution in [0.1, 0.15) is 5.56 Å². The largest absolute Gasteiger partial charge is 0.545 e. The number of carboxylic acid groups (broad SMARTS) is 1. The molecule has 2 amide bonds. The molecule has 2 rings (SSSR count). The van der Waals surface area contributed by atoms with E-state index >= 15 is 0 Å². The quantitative estimate of drug-likeness (QED) is 0.770. The van der Waals surface area contributed by atoms with Crippen molar-refractivity contribution in [3.8, 4) is 0 Å². The zero-order valence-electron chi connectivity index (χ0n) is 13.0. The lowest BCUT2D eigenvalue weighted by molar-refractivity contribution is -0.297. The van der Waals surface area contributed by atoms with E-state index in [2.05, 4.69) is 10.6 Å². The minimum atomic E-state index is -1.47. The van der Waals surface area contributed by atoms with Gasteiger partial charge in [0, 0.05) is 11.8 Å². The topological polar surface area (TPSA) is 98.3 Å². The molecule has 0 saturated heterocycles. The molecule has 128 valence electrons. The Kier molecular flexibility index (Phi) is 6.31. The van der Waals surface area contributed by atoms with Gasteiger partial charge in [0.1, 0.15) is 0 Å². The van der Waals surface area contributed by atoms with E-state index in [1.807, 2.05) is 30.3 Å². The first-order valence-corrected chi connectivity index (χ1v) is 7.65. The molecule has 2 N–H and O–H groups in total. The van der Waals surface area contributed by atoms with Gasteiger partial charge < -0.3 is 20.5 Å². The summed E-state index contributed by atoms with van der Waals surface area (Å²) in [5, 5.41) is 15.7. The summed E-state index contributed by atoms with van der Waals surface area (Å²) in [6.45, 7) is 0. The highest BCUT2D eigenvalue weighted by Gasteiger charge is 2.09. The zero-order valence-corrected chi connectivity index (χ0v) is 13.7. The number of hydrogen-bond donors (Lipinski definition) is 2. The van der Waals surface area contributed by atoms with E-state index in [0.717, 1.165) is 11.6 Å². The molecule has 0 radical (unpaired) electrons. The maximum Gasteiger partial charge on any atom is 0.248 e. The summed E-state index contributed by atoms with van der Waals surface area (Å²) in [7, 11) is 0. The van der Waals surface area contributed by atoms with Crippen molar-refractivity contribution in [2.75, 3.05) is 10.6 Å². The Hall–Kier alpha value is -3.12. The van der Waals surface area contributed by atoms with Gasteiger partial charge in [0.2, 0.25) is 11.8 Å². The molecule has 0 unspecified atom stereocenters. The second-order valence-corrected chi connectivity index (χ2v) is 5.45. The highest BCUT2D eigenvalue weighted by molar-refractivity contribution is 6.33. The predicted molar refractivity (Wildman–Crippen MR) is 93.0 cm³/mol. The molecule has 0 heterocycles. The third-order valence-electron chi connectivity index (χ3n) is 3.09. The molecule has 0 bridgehead atoms. The van der Waals surface area contributed by atoms with Gasteiger partial charge in [-0.2, -0.15) is 0 Å². The van der Waals surface area contributed by atoms with E-state index in [4.69, 9.17) is 11.6 Å². The zero-order chi connectivity index (χ0) is 18.2. The summed E-state index contributed by atoms with van der Waals surface area (Å²) in [6.07, 6.45) is 1.63. The third-order valence-corrected chi connectivity index (χ3v) is 3.42. The van der Waals surface area contributed by atoms with Gasteiger partial charge >= 0.3 is 0 Å². The van der Waals surface area contributed by atoms with Gasteiger partial charge in [0.05, 0.1) is 23.1 Å². The smallest absolute Gasteiger partial charge is 0.248 e. The highest BCUT2D eigenvalue weighted by atomic mass is 35.5. The van der Waals surface area contributed by atoms with E-state index < -0.39 is 11.9 Å². The van der Waals surface area contributed by atoms with Gasteiger partial charge in [-0.25, -0.2) is 0 Å². The van der Waals surface area contributed by atoms with Crippen LogP contribution in [0.4, 0.5) is 11.4 Å². The van der Waals surface area contributed by atoms with Crippen molar-refractivity contribution in [1.82, 2.24) is 0 Å². The lowest BCUT2D eigenvalue weighted by Crippen LogP contribution is -2.20. The number of hydrogen-bond acceptors (Lipinski definition) is 4. The van der Waals surface area contributed by atoms with Crippen molar-refractivity contribution < 1.29 is 19.5 Å². The minimum absolute atomic E-state index is 0.183. The van der Waals surface area contributed by atoms with Crippen LogP contribution in [-0.4, -0.2) is 17.8 Å². The molecule has 0 atom stereocenters. The molecule has 0 aromatic heterocycles. The molecular formula is C18H14ClN2O4-. The molecule has 0 fully saturated rings. The number of benzene rings is 2. The normalized spacial score (nSPS) is 10.4. The minimum Gasteiger partial charge on any atom is -0.545 e. The molecule has 0 aliphatic rings. The van der Waals surface area contributed by atoms with Gasteiger partial charge in [0.25, 0.3) is 0 Å². The second-order valence-electron chi connectivity index (χ2n) is 5.05. The first-order valence-electron chi connectivity index (χ1n) is 7.27. The molecule has 0 aliphatic heterocycles. The standard InChI is InChI=1S/C18H15ClN2O4/c19-14-7-6-13(20-16(22)8-9-18(24)25)11-15(14)21-17(23)10-12-4-2-1-3-5-12/h1-9,11H,10H2,(H,20,22)(H,21,23)(H,24,25)/p-1. The summed E-state index contributed by atoms with van der Waals surface area (Å²) in [5.41, 5.74) is 1.55. The van der Waals surface area contributed by atoms with Crippen LogP contribution in [0.5, 0.6) is 0 Å². The fraction of sp³-hybridized carbons (Fsp3) is 0.0556. The van der Waals surface area contributed by atoms with E-state index in [0.29, 0.717) is 22.5 Å². The lowest BCUT2D eigenvalue weighted by atomic mass is 10.1. The highest BCUT2D eigenvalue weighted by Crippen LogP contribution is 2.25. The Morgan fingerprint density at radius 2 is 1.72 bits per heavy atom. The van der Waals surface area contributed by atoms with Crippen LogP contribution in [0, 0.1) is 0 Å². The first kappa shape index (κ1) is 18.2. The number of amides is 2. The van der Waals surface area contributed by atoms with E-state index in [1.165, 1.54) is 18.2 Å². The van der Waals surface area contributed by atoms with Gasteiger partial charge in [-0.1, -0.05) is 41.9 Å². The van der Waals surface area contributed by atoms with Crippen LogP contribution in [0.25, 0.3) is 0 Å². The van der Waals surface area contributed by atoms with Crippen molar-refractivity contribution in [1.29, 1.82) is 0 Å². The predicted octanol–water partition coefficient (Wildman–Crippen LogP) is 1.77. The van der Waals surface area contributed by atoms with Crippen molar-refractivity contribution in [3.05, 3.63) is 71.3 Å². The molecular weight excluding hydrogens is 344 g/mol. The number of rotatable bonds is 6. The monoisotopic (exact) mass is 357 g/mol. The lowest BCUT2D eigenvalue weighted by Gasteiger charge is -2.10. The molecule has 0 spiro atoms. The molecule has 6 nitrogen and oxygen atoms in total. The fourth-order valence-electron chi connectivity index (χ4n) is 2.00. The fourth-order valence-corrected chi connectivity index (χ4v) is 2.17. The van der Waals surface area contributed by atoms with Crippen molar-refractivity contribution >= 4 is 40.8 Å². The molecule has 0 saturated carbocycles. The van der Waals surface area contributed by atoms with Crippen LogP contribution in [0.15, 0.2) is 60.7 Å². The van der Waals surface area contributed by atoms with Crippen LogP contribution in [-0.2, 0) is 20.8 Å².